The monoisotopic (exact) mass is 250 g/mol. The van der Waals surface area contributed by atoms with E-state index < -0.39 is 0 Å². The molecule has 0 amide bonds. The Morgan fingerprint density at radius 1 is 1.50 bits per heavy atom. The van der Waals surface area contributed by atoms with Gasteiger partial charge in [-0.2, -0.15) is 5.10 Å². The van der Waals surface area contributed by atoms with Crippen LogP contribution in [-0.4, -0.2) is 40.4 Å². The molecule has 2 unspecified atom stereocenters. The minimum Gasteiger partial charge on any atom is -0.329 e. The van der Waals surface area contributed by atoms with E-state index in [0.717, 1.165) is 25.4 Å². The van der Waals surface area contributed by atoms with Crippen LogP contribution in [0.3, 0.4) is 0 Å². The van der Waals surface area contributed by atoms with Crippen LogP contribution in [0, 0.1) is 5.92 Å². The smallest absolute Gasteiger partial charge is 0.0522 e. The van der Waals surface area contributed by atoms with E-state index in [1.54, 1.807) is 0 Å². The van der Waals surface area contributed by atoms with Gasteiger partial charge in [-0.3, -0.25) is 9.58 Å². The summed E-state index contributed by atoms with van der Waals surface area (Å²) in [5, 5.41) is 4.22. The molecule has 102 valence electrons. The summed E-state index contributed by atoms with van der Waals surface area (Å²) in [5.74, 6) is 0.883. The van der Waals surface area contributed by atoms with Crippen LogP contribution in [0.4, 0.5) is 0 Å². The summed E-state index contributed by atoms with van der Waals surface area (Å²) in [6.45, 7) is 5.41. The normalized spacial score (nSPS) is 25.5. The number of nitrogens with two attached hydrogens (primary N) is 1. The van der Waals surface area contributed by atoms with Gasteiger partial charge in [0.2, 0.25) is 0 Å². The highest BCUT2D eigenvalue weighted by Gasteiger charge is 2.26. The van der Waals surface area contributed by atoms with Gasteiger partial charge in [-0.15, -0.1) is 0 Å². The fraction of sp³-hybridized carbons (Fsp3) is 0.786. The Labute approximate surface area is 110 Å². The SMILES string of the molecule is CCC1CCN(CCc2cnn(C)c2)C(CN)C1. The molecule has 0 spiro atoms. The molecule has 2 heterocycles. The van der Waals surface area contributed by atoms with Crippen molar-refractivity contribution >= 4 is 0 Å². The molecule has 0 radical (unpaired) electrons. The Morgan fingerprint density at radius 3 is 2.94 bits per heavy atom. The molecule has 2 rings (SSSR count). The summed E-state index contributed by atoms with van der Waals surface area (Å²) in [4.78, 5) is 2.57. The van der Waals surface area contributed by atoms with Crippen LogP contribution < -0.4 is 5.73 Å². The van der Waals surface area contributed by atoms with Crippen molar-refractivity contribution in [3.05, 3.63) is 18.0 Å². The predicted molar refractivity (Wildman–Crippen MR) is 74.3 cm³/mol. The van der Waals surface area contributed by atoms with E-state index in [-0.39, 0.29) is 0 Å². The zero-order valence-electron chi connectivity index (χ0n) is 11.7. The van der Waals surface area contributed by atoms with E-state index in [0.29, 0.717) is 6.04 Å². The highest BCUT2D eigenvalue weighted by molar-refractivity contribution is 5.04. The molecule has 1 aliphatic heterocycles. The van der Waals surface area contributed by atoms with Gasteiger partial charge >= 0.3 is 0 Å². The summed E-state index contributed by atoms with van der Waals surface area (Å²) >= 11 is 0. The van der Waals surface area contributed by atoms with Gasteiger partial charge in [0, 0.05) is 32.4 Å². The van der Waals surface area contributed by atoms with E-state index in [2.05, 4.69) is 23.1 Å². The molecular formula is C14H26N4. The molecule has 1 aliphatic rings. The van der Waals surface area contributed by atoms with Crippen molar-refractivity contribution in [2.75, 3.05) is 19.6 Å². The third kappa shape index (κ3) is 3.33. The van der Waals surface area contributed by atoms with Crippen LogP contribution in [0.5, 0.6) is 0 Å². The van der Waals surface area contributed by atoms with Gasteiger partial charge in [0.25, 0.3) is 0 Å². The molecule has 1 aromatic heterocycles. The molecule has 4 heteroatoms. The molecule has 18 heavy (non-hydrogen) atoms. The van der Waals surface area contributed by atoms with Crippen LogP contribution in [0.25, 0.3) is 0 Å². The molecule has 4 nitrogen and oxygen atoms in total. The van der Waals surface area contributed by atoms with Crippen molar-refractivity contribution in [3.63, 3.8) is 0 Å². The maximum Gasteiger partial charge on any atom is 0.0522 e. The molecule has 0 aromatic carbocycles. The van der Waals surface area contributed by atoms with Crippen molar-refractivity contribution in [2.24, 2.45) is 18.7 Å². The lowest BCUT2D eigenvalue weighted by Gasteiger charge is -2.38. The predicted octanol–water partition coefficient (Wildman–Crippen LogP) is 1.41. The number of aromatic nitrogens is 2. The zero-order valence-corrected chi connectivity index (χ0v) is 11.7. The Hall–Kier alpha value is -0.870. The van der Waals surface area contributed by atoms with Gasteiger partial charge in [0.15, 0.2) is 0 Å². The fourth-order valence-electron chi connectivity index (χ4n) is 2.97. The van der Waals surface area contributed by atoms with Gasteiger partial charge in [-0.25, -0.2) is 0 Å². The van der Waals surface area contributed by atoms with Crippen LogP contribution in [0.15, 0.2) is 12.4 Å². The lowest BCUT2D eigenvalue weighted by atomic mass is 9.88. The number of piperidine rings is 1. The standard InChI is InChI=1S/C14H26N4/c1-3-12-4-6-18(14(8-12)9-15)7-5-13-10-16-17(2)11-13/h10-12,14H,3-9,15H2,1-2H3. The van der Waals surface area contributed by atoms with Crippen molar-refractivity contribution in [1.82, 2.24) is 14.7 Å². The van der Waals surface area contributed by atoms with Crippen LogP contribution in [-0.2, 0) is 13.5 Å². The lowest BCUT2D eigenvalue weighted by Crippen LogP contribution is -2.47. The molecule has 1 saturated heterocycles. The maximum atomic E-state index is 5.93. The number of rotatable bonds is 5. The highest BCUT2D eigenvalue weighted by Crippen LogP contribution is 2.24. The Balaban J connectivity index is 1.84. The van der Waals surface area contributed by atoms with Crippen LogP contribution in [0.1, 0.15) is 31.7 Å². The number of nitrogens with zero attached hydrogens (tertiary/aromatic N) is 3. The third-order valence-corrected chi connectivity index (χ3v) is 4.24. The van der Waals surface area contributed by atoms with Crippen molar-refractivity contribution in [3.8, 4) is 0 Å². The molecule has 2 N–H and O–H groups in total. The third-order valence-electron chi connectivity index (χ3n) is 4.24. The van der Waals surface area contributed by atoms with Crippen LogP contribution in [0.2, 0.25) is 0 Å². The molecular weight excluding hydrogens is 224 g/mol. The first kappa shape index (κ1) is 13.6. The minimum absolute atomic E-state index is 0.584. The second-order valence-electron chi connectivity index (χ2n) is 5.50. The highest BCUT2D eigenvalue weighted by atomic mass is 15.2. The topological polar surface area (TPSA) is 47.1 Å². The van der Waals surface area contributed by atoms with Gasteiger partial charge < -0.3 is 5.73 Å². The van der Waals surface area contributed by atoms with Crippen molar-refractivity contribution in [1.29, 1.82) is 0 Å². The van der Waals surface area contributed by atoms with E-state index in [1.807, 2.05) is 17.9 Å². The molecule has 1 aromatic rings. The summed E-state index contributed by atoms with van der Waals surface area (Å²) in [6, 6.07) is 0.584. The number of hydrogen-bond acceptors (Lipinski definition) is 3. The first-order valence-electron chi connectivity index (χ1n) is 7.14. The number of hydrogen-bond donors (Lipinski definition) is 1. The lowest BCUT2D eigenvalue weighted by molar-refractivity contribution is 0.116. The molecule has 1 fully saturated rings. The van der Waals surface area contributed by atoms with Gasteiger partial charge in [-0.05, 0) is 37.3 Å². The van der Waals surface area contributed by atoms with Gasteiger partial charge in [0.05, 0.1) is 6.20 Å². The molecule has 0 saturated carbocycles. The first-order valence-corrected chi connectivity index (χ1v) is 7.14. The summed E-state index contributed by atoms with van der Waals surface area (Å²) in [6.07, 6.45) is 9.07. The quantitative estimate of drug-likeness (QED) is 0.859. The van der Waals surface area contributed by atoms with Gasteiger partial charge in [-0.1, -0.05) is 13.3 Å². The number of aryl methyl sites for hydroxylation is 1. The van der Waals surface area contributed by atoms with Gasteiger partial charge in [0.1, 0.15) is 0 Å². The maximum absolute atomic E-state index is 5.93. The Kier molecular flexibility index (Phi) is 4.78. The van der Waals surface area contributed by atoms with Crippen molar-refractivity contribution < 1.29 is 0 Å². The Morgan fingerprint density at radius 2 is 2.33 bits per heavy atom. The Bertz CT molecular complexity index is 360. The van der Waals surface area contributed by atoms with E-state index in [1.165, 1.54) is 31.4 Å². The van der Waals surface area contributed by atoms with E-state index in [4.69, 9.17) is 5.73 Å². The average Bonchev–Trinajstić information content (AvgIpc) is 2.82. The second-order valence-corrected chi connectivity index (χ2v) is 5.50. The summed E-state index contributed by atoms with van der Waals surface area (Å²) in [7, 11) is 1.97. The van der Waals surface area contributed by atoms with E-state index in [9.17, 15) is 0 Å². The zero-order chi connectivity index (χ0) is 13.0. The molecule has 0 aliphatic carbocycles. The largest absolute Gasteiger partial charge is 0.329 e. The summed E-state index contributed by atoms with van der Waals surface area (Å²) in [5.41, 5.74) is 7.25. The van der Waals surface area contributed by atoms with E-state index >= 15 is 0 Å². The van der Waals surface area contributed by atoms with Crippen molar-refractivity contribution in [2.45, 2.75) is 38.6 Å². The number of likely N-dealkylation sites (tertiary alicyclic amines) is 1. The molecule has 0 bridgehead atoms. The van der Waals surface area contributed by atoms with Crippen LogP contribution >= 0.6 is 0 Å². The first-order chi connectivity index (χ1) is 8.72. The second kappa shape index (κ2) is 6.34. The molecule has 2 atom stereocenters. The minimum atomic E-state index is 0.584. The average molecular weight is 250 g/mol. The summed E-state index contributed by atoms with van der Waals surface area (Å²) < 4.78 is 1.87. The fourth-order valence-corrected chi connectivity index (χ4v) is 2.97.